The highest BCUT2D eigenvalue weighted by molar-refractivity contribution is 6.38. The summed E-state index contributed by atoms with van der Waals surface area (Å²) in [6.07, 6.45) is -4.56. The molecule has 9 N–H and O–H groups in total. The third kappa shape index (κ3) is 3.61. The van der Waals surface area contributed by atoms with Gasteiger partial charge in [-0.05, 0) is 11.5 Å². The van der Waals surface area contributed by atoms with Gasteiger partial charge in [-0.1, -0.05) is 18.5 Å². The molecule has 5 unspecified atom stereocenters. The van der Waals surface area contributed by atoms with Crippen LogP contribution in [0.15, 0.2) is 11.3 Å². The number of amides is 3. The number of Topliss-reactive ketones (excluding diaryl/α,β-unsaturated/α-hetero) is 2. The third-order valence-electron chi connectivity index (χ3n) is 7.76. The predicted molar refractivity (Wildman–Crippen MR) is 130 cm³/mol. The molecule has 1 saturated carbocycles. The minimum atomic E-state index is -2.81. The van der Waals surface area contributed by atoms with Crippen molar-refractivity contribution in [1.82, 2.24) is 0 Å². The third-order valence-corrected chi connectivity index (χ3v) is 8.14. The first-order chi connectivity index (χ1) is 17.6. The normalized spacial score (nSPS) is 32.2. The SMILES string of the molecule is CC(=O)Nc1c(O)c2c(c(NC(C)=O)c1Cl)[C@@H](C)C1C(C2=O)C(O)C2(O)C(O)=C(C(N)=O)C(=O)CC2[C@H]1O. The number of carbonyl (C=O) groups excluding carboxylic acids is 5. The van der Waals surface area contributed by atoms with Crippen LogP contribution in [0.1, 0.15) is 49.0 Å². The molecule has 4 rings (SSSR count). The molecule has 1 aromatic carbocycles. The summed E-state index contributed by atoms with van der Waals surface area (Å²) in [5.74, 6) is -12.1. The molecule has 7 atom stereocenters. The van der Waals surface area contributed by atoms with E-state index in [2.05, 4.69) is 10.6 Å². The molecule has 0 radical (unpaired) electrons. The minimum Gasteiger partial charge on any atom is -0.508 e. The lowest BCUT2D eigenvalue weighted by atomic mass is 9.51. The van der Waals surface area contributed by atoms with Crippen LogP contribution in [0.3, 0.4) is 0 Å². The molecule has 14 heteroatoms. The van der Waals surface area contributed by atoms with Gasteiger partial charge in [0.05, 0.1) is 28.3 Å². The Bertz CT molecular complexity index is 1360. The van der Waals surface area contributed by atoms with Crippen LogP contribution in [-0.4, -0.2) is 72.6 Å². The second-order valence-electron chi connectivity index (χ2n) is 9.90. The van der Waals surface area contributed by atoms with E-state index in [9.17, 15) is 49.5 Å². The number of aliphatic hydroxyl groups excluding tert-OH is 3. The monoisotopic (exact) mass is 551 g/mol. The van der Waals surface area contributed by atoms with Crippen molar-refractivity contribution in [3.63, 3.8) is 0 Å². The van der Waals surface area contributed by atoms with Gasteiger partial charge in [0.2, 0.25) is 11.8 Å². The van der Waals surface area contributed by atoms with E-state index in [1.807, 2.05) is 0 Å². The van der Waals surface area contributed by atoms with Crippen molar-refractivity contribution in [2.45, 2.75) is 50.9 Å². The highest BCUT2D eigenvalue weighted by Crippen LogP contribution is 2.59. The zero-order chi connectivity index (χ0) is 28.6. The van der Waals surface area contributed by atoms with Crippen LogP contribution in [0, 0.1) is 17.8 Å². The summed E-state index contributed by atoms with van der Waals surface area (Å²) in [5.41, 5.74) is 0.440. The Hall–Kier alpha value is -3.52. The number of fused-ring (bicyclic) bond motifs is 3. The van der Waals surface area contributed by atoms with E-state index in [0.29, 0.717) is 0 Å². The number of primary amides is 1. The molecule has 13 nitrogen and oxygen atoms in total. The summed E-state index contributed by atoms with van der Waals surface area (Å²) in [6.45, 7) is 3.78. The van der Waals surface area contributed by atoms with Gasteiger partial charge in [0, 0.05) is 32.1 Å². The zero-order valence-electron chi connectivity index (χ0n) is 20.4. The van der Waals surface area contributed by atoms with Gasteiger partial charge in [-0.15, -0.1) is 0 Å². The van der Waals surface area contributed by atoms with Crippen LogP contribution in [0.5, 0.6) is 5.75 Å². The van der Waals surface area contributed by atoms with Crippen LogP contribution < -0.4 is 16.4 Å². The van der Waals surface area contributed by atoms with Gasteiger partial charge < -0.3 is 41.9 Å². The zero-order valence-corrected chi connectivity index (χ0v) is 21.2. The van der Waals surface area contributed by atoms with Gasteiger partial charge in [0.15, 0.2) is 22.9 Å². The number of halogens is 1. The van der Waals surface area contributed by atoms with Crippen LogP contribution in [0.4, 0.5) is 11.4 Å². The van der Waals surface area contributed by atoms with E-state index in [1.165, 1.54) is 6.92 Å². The van der Waals surface area contributed by atoms with Crippen molar-refractivity contribution in [3.8, 4) is 5.75 Å². The van der Waals surface area contributed by atoms with Crippen molar-refractivity contribution in [2.24, 2.45) is 23.5 Å². The summed E-state index contributed by atoms with van der Waals surface area (Å²) in [6, 6.07) is 0. The minimum absolute atomic E-state index is 0.000494. The van der Waals surface area contributed by atoms with Crippen molar-refractivity contribution >= 4 is 52.3 Å². The highest BCUT2D eigenvalue weighted by Gasteiger charge is 2.67. The quantitative estimate of drug-likeness (QED) is 0.140. The number of carbonyl (C=O) groups is 5. The summed E-state index contributed by atoms with van der Waals surface area (Å²) in [7, 11) is 0. The number of aromatic hydroxyl groups is 1. The number of anilines is 2. The molecule has 0 spiro atoms. The Morgan fingerprint density at radius 2 is 1.61 bits per heavy atom. The summed E-state index contributed by atoms with van der Waals surface area (Å²) >= 11 is 6.43. The van der Waals surface area contributed by atoms with Gasteiger partial charge in [0.1, 0.15) is 23.1 Å². The molecule has 1 aromatic rings. The number of phenolic OH excluding ortho intramolecular Hbond substituents is 1. The average Bonchev–Trinajstić information content (AvgIpc) is 2.80. The molecule has 3 aliphatic carbocycles. The van der Waals surface area contributed by atoms with Crippen LogP contribution in [0.25, 0.3) is 0 Å². The van der Waals surface area contributed by atoms with Gasteiger partial charge >= 0.3 is 0 Å². The lowest BCUT2D eigenvalue weighted by Crippen LogP contribution is -2.69. The molecule has 0 saturated heterocycles. The van der Waals surface area contributed by atoms with Crippen LogP contribution >= 0.6 is 11.6 Å². The number of aliphatic hydroxyl groups is 4. The fraction of sp³-hybridized carbons (Fsp3) is 0.458. The lowest BCUT2D eigenvalue weighted by molar-refractivity contribution is -0.209. The largest absolute Gasteiger partial charge is 0.508 e. The predicted octanol–water partition coefficient (Wildman–Crippen LogP) is -0.153. The standard InChI is InChI=1S/C24H26ClN3O10/c1-5-10-13(20(34)17(28-7(3)30)15(25)16(10)27-6(2)29)19(33)14-11(5)18(32)8-4-9(31)12(23(26)37)21(35)24(8,38)22(14)36/h5,8,11,14,18,22,32,34-36,38H,4H2,1-3H3,(H2,26,37)(H,27,29)(H,28,30)/t5-,8?,11?,14?,18-,22?,24?/m1/s1. The summed E-state index contributed by atoms with van der Waals surface area (Å²) in [5, 5.41) is 60.4. The fourth-order valence-electron chi connectivity index (χ4n) is 6.23. The van der Waals surface area contributed by atoms with E-state index < -0.39 is 106 Å². The van der Waals surface area contributed by atoms with E-state index in [1.54, 1.807) is 0 Å². The van der Waals surface area contributed by atoms with Crippen LogP contribution in [-0.2, 0) is 19.2 Å². The lowest BCUT2D eigenvalue weighted by Gasteiger charge is -2.56. The Morgan fingerprint density at radius 1 is 1.05 bits per heavy atom. The van der Waals surface area contributed by atoms with Crippen molar-refractivity contribution in [1.29, 1.82) is 0 Å². The molecule has 204 valence electrons. The maximum atomic E-state index is 13.9. The molecule has 1 fully saturated rings. The summed E-state index contributed by atoms with van der Waals surface area (Å²) < 4.78 is 0. The Morgan fingerprint density at radius 3 is 2.13 bits per heavy atom. The topological polar surface area (TPSA) is 237 Å². The first-order valence-corrected chi connectivity index (χ1v) is 12.0. The molecular formula is C24H26ClN3O10. The average molecular weight is 552 g/mol. The van der Waals surface area contributed by atoms with Crippen molar-refractivity contribution in [3.05, 3.63) is 27.5 Å². The van der Waals surface area contributed by atoms with Crippen molar-refractivity contribution in [2.75, 3.05) is 10.6 Å². The fourth-order valence-corrected chi connectivity index (χ4v) is 6.51. The first kappa shape index (κ1) is 27.5. The molecule has 0 heterocycles. The number of nitrogens with one attached hydrogen (secondary N) is 2. The number of benzene rings is 1. The van der Waals surface area contributed by atoms with E-state index >= 15 is 0 Å². The van der Waals surface area contributed by atoms with Crippen molar-refractivity contribution < 1.29 is 49.5 Å². The molecule has 0 aliphatic heterocycles. The first-order valence-electron chi connectivity index (χ1n) is 11.6. The van der Waals surface area contributed by atoms with Gasteiger partial charge in [-0.3, -0.25) is 24.0 Å². The number of rotatable bonds is 3. The number of hydrogen-bond donors (Lipinski definition) is 8. The van der Waals surface area contributed by atoms with Gasteiger partial charge in [-0.2, -0.15) is 0 Å². The smallest absolute Gasteiger partial charge is 0.255 e. The molecular weight excluding hydrogens is 526 g/mol. The van der Waals surface area contributed by atoms with Gasteiger partial charge in [0.25, 0.3) is 5.91 Å². The molecule has 38 heavy (non-hydrogen) atoms. The van der Waals surface area contributed by atoms with E-state index in [0.717, 1.165) is 13.8 Å². The number of phenols is 1. The molecule has 0 aromatic heterocycles. The van der Waals surface area contributed by atoms with Crippen LogP contribution in [0.2, 0.25) is 5.02 Å². The summed E-state index contributed by atoms with van der Waals surface area (Å²) in [4.78, 5) is 62.1. The van der Waals surface area contributed by atoms with E-state index in [-0.39, 0.29) is 16.3 Å². The maximum Gasteiger partial charge on any atom is 0.255 e. The molecule has 3 aliphatic rings. The Kier molecular flexibility index (Phi) is 6.55. The molecule has 3 amide bonds. The Labute approximate surface area is 220 Å². The molecule has 0 bridgehead atoms. The second kappa shape index (κ2) is 9.05. The number of hydrogen-bond acceptors (Lipinski definition) is 10. The highest BCUT2D eigenvalue weighted by atomic mass is 35.5. The second-order valence-corrected chi connectivity index (χ2v) is 10.3. The maximum absolute atomic E-state index is 13.9. The number of ketones is 2. The Balaban J connectivity index is 2.01. The number of nitrogens with two attached hydrogens (primary N) is 1. The van der Waals surface area contributed by atoms with E-state index in [4.69, 9.17) is 17.3 Å². The van der Waals surface area contributed by atoms with Gasteiger partial charge in [-0.25, -0.2) is 0 Å².